The molecule has 0 radical (unpaired) electrons. The SMILES string of the molecule is Cc1nnc(CN=C(NCCCN2CCOCC2)NCC(C)Oc2ccc(F)cc2)n1C. The molecule has 0 spiro atoms. The van der Waals surface area contributed by atoms with Crippen molar-refractivity contribution in [1.29, 1.82) is 0 Å². The van der Waals surface area contributed by atoms with Crippen LogP contribution in [-0.2, 0) is 18.3 Å². The smallest absolute Gasteiger partial charge is 0.191 e. The number of morpholine rings is 1. The van der Waals surface area contributed by atoms with Gasteiger partial charge < -0.3 is 24.7 Å². The molecule has 9 nitrogen and oxygen atoms in total. The number of nitrogens with zero attached hydrogens (tertiary/aromatic N) is 5. The van der Waals surface area contributed by atoms with Crippen molar-refractivity contribution < 1.29 is 13.9 Å². The summed E-state index contributed by atoms with van der Waals surface area (Å²) in [6.07, 6.45) is 0.878. The van der Waals surface area contributed by atoms with Gasteiger partial charge in [0, 0.05) is 26.7 Å². The Bertz CT molecular complexity index is 850. The number of guanidine groups is 1. The summed E-state index contributed by atoms with van der Waals surface area (Å²) in [5.41, 5.74) is 0. The lowest BCUT2D eigenvalue weighted by Gasteiger charge is -2.26. The third kappa shape index (κ3) is 7.76. The van der Waals surface area contributed by atoms with Crippen LogP contribution in [0.1, 0.15) is 25.0 Å². The van der Waals surface area contributed by atoms with E-state index in [1.165, 1.54) is 12.1 Å². The number of nitrogens with one attached hydrogen (secondary N) is 2. The molecule has 32 heavy (non-hydrogen) atoms. The molecule has 1 aliphatic rings. The van der Waals surface area contributed by atoms with Crippen molar-refractivity contribution in [3.05, 3.63) is 41.7 Å². The molecule has 0 amide bonds. The number of benzene rings is 1. The molecule has 176 valence electrons. The maximum absolute atomic E-state index is 13.1. The molecule has 0 saturated carbocycles. The minimum absolute atomic E-state index is 0.127. The summed E-state index contributed by atoms with van der Waals surface area (Å²) >= 11 is 0. The third-order valence-corrected chi connectivity index (χ3v) is 5.32. The van der Waals surface area contributed by atoms with Gasteiger partial charge in [0.05, 0.1) is 19.8 Å². The van der Waals surface area contributed by atoms with Crippen LogP contribution in [0.3, 0.4) is 0 Å². The van der Waals surface area contributed by atoms with E-state index < -0.39 is 0 Å². The standard InChI is InChI=1S/C22H34FN7O2/c1-17(32-20-7-5-19(23)6-8-20)15-25-22(26-16-21-28-27-18(2)29(21)3)24-9-4-10-30-11-13-31-14-12-30/h5-8,17H,4,9-16H2,1-3H3,(H2,24,25,26). The lowest BCUT2D eigenvalue weighted by Crippen LogP contribution is -2.43. The first kappa shape index (κ1) is 23.9. The Kier molecular flexibility index (Phi) is 9.24. The minimum Gasteiger partial charge on any atom is -0.489 e. The molecule has 1 aromatic carbocycles. The Balaban J connectivity index is 1.50. The summed E-state index contributed by atoms with van der Waals surface area (Å²) in [6.45, 7) is 10.3. The van der Waals surface area contributed by atoms with Crippen LogP contribution < -0.4 is 15.4 Å². The molecular formula is C22H34FN7O2. The highest BCUT2D eigenvalue weighted by Gasteiger charge is 2.11. The lowest BCUT2D eigenvalue weighted by molar-refractivity contribution is 0.0376. The molecule has 3 rings (SSSR count). The third-order valence-electron chi connectivity index (χ3n) is 5.32. The van der Waals surface area contributed by atoms with Crippen LogP contribution in [0.15, 0.2) is 29.3 Å². The fourth-order valence-electron chi connectivity index (χ4n) is 3.27. The zero-order valence-corrected chi connectivity index (χ0v) is 19.2. The van der Waals surface area contributed by atoms with Crippen molar-refractivity contribution in [1.82, 2.24) is 30.3 Å². The molecule has 1 aliphatic heterocycles. The Hall–Kier alpha value is -2.72. The molecule has 1 unspecified atom stereocenters. The van der Waals surface area contributed by atoms with Gasteiger partial charge in [-0.1, -0.05) is 0 Å². The van der Waals surface area contributed by atoms with Crippen molar-refractivity contribution >= 4 is 5.96 Å². The molecule has 0 bridgehead atoms. The number of hydrogen-bond acceptors (Lipinski definition) is 6. The first-order valence-electron chi connectivity index (χ1n) is 11.1. The number of hydrogen-bond donors (Lipinski definition) is 2. The quantitative estimate of drug-likeness (QED) is 0.324. The monoisotopic (exact) mass is 447 g/mol. The van der Waals surface area contributed by atoms with Gasteiger partial charge in [-0.2, -0.15) is 0 Å². The van der Waals surface area contributed by atoms with Gasteiger partial charge in [0.25, 0.3) is 0 Å². The van der Waals surface area contributed by atoms with Gasteiger partial charge in [0.2, 0.25) is 0 Å². The van der Waals surface area contributed by atoms with E-state index in [1.54, 1.807) is 12.1 Å². The number of aromatic nitrogens is 3. The van der Waals surface area contributed by atoms with Gasteiger partial charge in [-0.25, -0.2) is 9.38 Å². The predicted octanol–water partition coefficient (Wildman–Crippen LogP) is 1.49. The van der Waals surface area contributed by atoms with Gasteiger partial charge in [0.15, 0.2) is 11.8 Å². The van der Waals surface area contributed by atoms with Crippen molar-refractivity contribution in [3.8, 4) is 5.75 Å². The van der Waals surface area contributed by atoms with Crippen LogP contribution in [0, 0.1) is 12.7 Å². The Morgan fingerprint density at radius 2 is 1.97 bits per heavy atom. The molecule has 10 heteroatoms. The average Bonchev–Trinajstić information content (AvgIpc) is 3.12. The van der Waals surface area contributed by atoms with Gasteiger partial charge in [-0.15, -0.1) is 10.2 Å². The molecular weight excluding hydrogens is 413 g/mol. The van der Waals surface area contributed by atoms with Crippen molar-refractivity contribution in [2.75, 3.05) is 45.9 Å². The molecule has 1 fully saturated rings. The highest BCUT2D eigenvalue weighted by Crippen LogP contribution is 2.12. The van der Waals surface area contributed by atoms with Crippen LogP contribution in [0.2, 0.25) is 0 Å². The van der Waals surface area contributed by atoms with Crippen LogP contribution in [0.4, 0.5) is 4.39 Å². The van der Waals surface area contributed by atoms with E-state index in [0.717, 1.165) is 57.5 Å². The zero-order chi connectivity index (χ0) is 22.8. The van der Waals surface area contributed by atoms with E-state index in [4.69, 9.17) is 9.47 Å². The van der Waals surface area contributed by atoms with Crippen molar-refractivity contribution in [2.24, 2.45) is 12.0 Å². The first-order chi connectivity index (χ1) is 15.5. The summed E-state index contributed by atoms with van der Waals surface area (Å²) in [5.74, 6) is 2.70. The minimum atomic E-state index is -0.280. The maximum atomic E-state index is 13.1. The maximum Gasteiger partial charge on any atom is 0.191 e. The second kappa shape index (κ2) is 12.4. The predicted molar refractivity (Wildman–Crippen MR) is 121 cm³/mol. The first-order valence-corrected chi connectivity index (χ1v) is 11.1. The average molecular weight is 448 g/mol. The van der Waals surface area contributed by atoms with Crippen molar-refractivity contribution in [2.45, 2.75) is 32.9 Å². The molecule has 1 saturated heterocycles. The summed E-state index contributed by atoms with van der Waals surface area (Å²) in [6, 6.07) is 6.03. The second-order valence-electron chi connectivity index (χ2n) is 7.88. The van der Waals surface area contributed by atoms with E-state index in [0.29, 0.717) is 24.8 Å². The highest BCUT2D eigenvalue weighted by molar-refractivity contribution is 5.79. The number of rotatable bonds is 10. The number of halogens is 1. The summed E-state index contributed by atoms with van der Waals surface area (Å²) in [5, 5.41) is 15.0. The Morgan fingerprint density at radius 3 is 2.66 bits per heavy atom. The van der Waals surface area contributed by atoms with E-state index in [2.05, 4.69) is 30.7 Å². The van der Waals surface area contributed by atoms with Crippen molar-refractivity contribution in [3.63, 3.8) is 0 Å². The molecule has 0 aliphatic carbocycles. The Labute approximate surface area is 189 Å². The lowest BCUT2D eigenvalue weighted by atomic mass is 10.3. The normalized spacial score (nSPS) is 16.1. The number of aliphatic imine (C=N–C) groups is 1. The number of ether oxygens (including phenoxy) is 2. The van der Waals surface area contributed by atoms with Gasteiger partial charge in [-0.3, -0.25) is 4.90 Å². The summed E-state index contributed by atoms with van der Waals surface area (Å²) in [4.78, 5) is 7.09. The van der Waals surface area contributed by atoms with E-state index in [-0.39, 0.29) is 11.9 Å². The topological polar surface area (TPSA) is 88.8 Å². The summed E-state index contributed by atoms with van der Waals surface area (Å²) in [7, 11) is 1.93. The Morgan fingerprint density at radius 1 is 1.22 bits per heavy atom. The molecule has 2 N–H and O–H groups in total. The summed E-state index contributed by atoms with van der Waals surface area (Å²) < 4.78 is 26.3. The van der Waals surface area contributed by atoms with Gasteiger partial charge in [0.1, 0.15) is 30.0 Å². The molecule has 2 heterocycles. The zero-order valence-electron chi connectivity index (χ0n) is 19.2. The largest absolute Gasteiger partial charge is 0.489 e. The highest BCUT2D eigenvalue weighted by atomic mass is 19.1. The second-order valence-corrected chi connectivity index (χ2v) is 7.88. The molecule has 2 aromatic rings. The van der Waals surface area contributed by atoms with E-state index in [9.17, 15) is 4.39 Å². The van der Waals surface area contributed by atoms with Gasteiger partial charge >= 0.3 is 0 Å². The van der Waals surface area contributed by atoms with Crippen LogP contribution in [0.25, 0.3) is 0 Å². The molecule has 1 aromatic heterocycles. The molecule has 1 atom stereocenters. The fourth-order valence-corrected chi connectivity index (χ4v) is 3.27. The fraction of sp³-hybridized carbons (Fsp3) is 0.591. The van der Waals surface area contributed by atoms with E-state index >= 15 is 0 Å². The van der Waals surface area contributed by atoms with E-state index in [1.807, 2.05) is 25.5 Å². The van der Waals surface area contributed by atoms with Crippen LogP contribution >= 0.6 is 0 Å². The number of aryl methyl sites for hydroxylation is 1. The van der Waals surface area contributed by atoms with Crippen LogP contribution in [0.5, 0.6) is 5.75 Å². The van der Waals surface area contributed by atoms with Gasteiger partial charge in [-0.05, 0) is 51.1 Å². The van der Waals surface area contributed by atoms with Crippen LogP contribution in [-0.4, -0.2) is 77.7 Å².